The van der Waals surface area contributed by atoms with Crippen molar-refractivity contribution >= 4 is 18.7 Å². The second kappa shape index (κ2) is 4.44. The van der Waals surface area contributed by atoms with Gasteiger partial charge in [-0.3, -0.25) is 0 Å². The first-order valence-electron chi connectivity index (χ1n) is 4.40. The molecule has 0 aliphatic heterocycles. The fraction of sp³-hybridized carbons (Fsp3) is 1.00. The van der Waals surface area contributed by atoms with Crippen LogP contribution in [0.25, 0.3) is 0 Å². The Labute approximate surface area is 75.3 Å². The summed E-state index contributed by atoms with van der Waals surface area (Å²) < 4.78 is 35.6. The minimum atomic E-state index is -4.57. The van der Waals surface area contributed by atoms with Crippen molar-refractivity contribution in [3.8, 4) is 0 Å². The number of hydrogen-bond donors (Lipinski definition) is 0. The van der Waals surface area contributed by atoms with Crippen LogP contribution in [0, 0.1) is 0 Å². The second-order valence-corrected chi connectivity index (χ2v) is 4.64. The SMILES string of the molecule is F[B-](F)(F)CSC1CCCCC1. The van der Waals surface area contributed by atoms with Crippen LogP contribution < -0.4 is 0 Å². The molecule has 0 unspecified atom stereocenters. The molecule has 1 fully saturated rings. The average Bonchev–Trinajstić information content (AvgIpc) is 2.02. The molecule has 1 aliphatic rings. The van der Waals surface area contributed by atoms with Gasteiger partial charge in [0.05, 0.1) is 0 Å². The van der Waals surface area contributed by atoms with Crippen LogP contribution in [0.15, 0.2) is 0 Å². The normalized spacial score (nSPS) is 21.2. The first-order chi connectivity index (χ1) is 5.58. The van der Waals surface area contributed by atoms with E-state index < -0.39 is 12.6 Å². The zero-order chi connectivity index (χ0) is 9.03. The first-order valence-corrected chi connectivity index (χ1v) is 5.45. The van der Waals surface area contributed by atoms with Crippen LogP contribution in [-0.2, 0) is 0 Å². The molecule has 0 radical (unpaired) electrons. The number of thioether (sulfide) groups is 1. The number of hydrogen-bond acceptors (Lipinski definition) is 1. The van der Waals surface area contributed by atoms with Crippen molar-refractivity contribution in [3.63, 3.8) is 0 Å². The van der Waals surface area contributed by atoms with E-state index in [0.29, 0.717) is 0 Å². The Kier molecular flexibility index (Phi) is 3.81. The van der Waals surface area contributed by atoms with E-state index in [4.69, 9.17) is 0 Å². The van der Waals surface area contributed by atoms with E-state index in [1.807, 2.05) is 0 Å². The van der Waals surface area contributed by atoms with Crippen molar-refractivity contribution < 1.29 is 12.9 Å². The molecule has 0 aromatic carbocycles. The van der Waals surface area contributed by atoms with Crippen molar-refractivity contribution in [2.45, 2.75) is 37.4 Å². The Hall–Kier alpha value is 0.205. The van der Waals surface area contributed by atoms with Crippen LogP contribution >= 0.6 is 11.8 Å². The van der Waals surface area contributed by atoms with Crippen LogP contribution in [0.4, 0.5) is 12.9 Å². The van der Waals surface area contributed by atoms with Crippen molar-refractivity contribution in [1.29, 1.82) is 0 Å². The highest BCUT2D eigenvalue weighted by Crippen LogP contribution is 2.30. The zero-order valence-corrected chi connectivity index (χ0v) is 7.76. The summed E-state index contributed by atoms with van der Waals surface area (Å²) in [7, 11) is 0. The molecule has 0 saturated heterocycles. The van der Waals surface area contributed by atoms with Crippen LogP contribution in [0.2, 0.25) is 0 Å². The lowest BCUT2D eigenvalue weighted by atomic mass is 9.97. The lowest BCUT2D eigenvalue weighted by Crippen LogP contribution is -2.22. The van der Waals surface area contributed by atoms with Gasteiger partial charge in [-0.25, -0.2) is 0 Å². The predicted molar refractivity (Wildman–Crippen MR) is 48.4 cm³/mol. The van der Waals surface area contributed by atoms with E-state index in [2.05, 4.69) is 0 Å². The van der Waals surface area contributed by atoms with Gasteiger partial charge in [-0.05, 0) is 18.5 Å². The maximum atomic E-state index is 11.9. The van der Waals surface area contributed by atoms with Gasteiger partial charge in [-0.15, -0.1) is 0 Å². The minimum Gasteiger partial charge on any atom is -0.448 e. The summed E-state index contributed by atoms with van der Waals surface area (Å²) in [5.74, 6) is 0. The summed E-state index contributed by atoms with van der Waals surface area (Å²) in [5, 5.41) is 0.280. The van der Waals surface area contributed by atoms with E-state index in [9.17, 15) is 12.9 Å². The van der Waals surface area contributed by atoms with Crippen LogP contribution in [0.5, 0.6) is 0 Å². The van der Waals surface area contributed by atoms with E-state index in [0.717, 1.165) is 37.4 Å². The maximum absolute atomic E-state index is 11.9. The molecule has 0 nitrogen and oxygen atoms in total. The molecule has 0 heterocycles. The van der Waals surface area contributed by atoms with Gasteiger partial charge in [0.1, 0.15) is 0 Å². The standard InChI is InChI=1S/C7H13BF3S/c9-8(10,11)6-12-7-4-2-1-3-5-7/h7H,1-6H2/q-1. The summed E-state index contributed by atoms with van der Waals surface area (Å²) in [6.45, 7) is -4.57. The van der Waals surface area contributed by atoms with Crippen molar-refractivity contribution in [1.82, 2.24) is 0 Å². The molecule has 0 aromatic heterocycles. The summed E-state index contributed by atoms with van der Waals surface area (Å²) in [4.78, 5) is 0. The van der Waals surface area contributed by atoms with Gasteiger partial charge in [0.25, 0.3) is 0 Å². The highest BCUT2D eigenvalue weighted by atomic mass is 32.2. The summed E-state index contributed by atoms with van der Waals surface area (Å²) >= 11 is 1.11. The van der Waals surface area contributed by atoms with E-state index in [1.54, 1.807) is 0 Å². The van der Waals surface area contributed by atoms with Crippen LogP contribution in [0.3, 0.4) is 0 Å². The minimum absolute atomic E-state index is 0.280. The predicted octanol–water partition coefficient (Wildman–Crippen LogP) is 3.44. The van der Waals surface area contributed by atoms with Gasteiger partial charge in [-0.2, -0.15) is 11.8 Å². The summed E-state index contributed by atoms with van der Waals surface area (Å²) in [6, 6.07) is 0. The third kappa shape index (κ3) is 4.29. The number of rotatable bonds is 3. The molecule has 0 amide bonds. The number of halogens is 3. The van der Waals surface area contributed by atoms with Crippen molar-refractivity contribution in [3.05, 3.63) is 0 Å². The summed E-state index contributed by atoms with van der Waals surface area (Å²) in [5.41, 5.74) is -0.606. The fourth-order valence-electron chi connectivity index (χ4n) is 1.48. The third-order valence-electron chi connectivity index (χ3n) is 2.07. The molecule has 0 atom stereocenters. The van der Waals surface area contributed by atoms with E-state index in [-0.39, 0.29) is 5.25 Å². The Morgan fingerprint density at radius 2 is 1.67 bits per heavy atom. The largest absolute Gasteiger partial charge is 0.488 e. The van der Waals surface area contributed by atoms with Gasteiger partial charge in [-0.1, -0.05) is 19.3 Å². The monoisotopic (exact) mass is 197 g/mol. The Morgan fingerprint density at radius 3 is 2.17 bits per heavy atom. The molecule has 72 valence electrons. The van der Waals surface area contributed by atoms with Gasteiger partial charge < -0.3 is 12.9 Å². The lowest BCUT2D eigenvalue weighted by molar-refractivity contribution is 0.483. The van der Waals surface area contributed by atoms with Crippen molar-refractivity contribution in [2.24, 2.45) is 0 Å². The maximum Gasteiger partial charge on any atom is 0.488 e. The van der Waals surface area contributed by atoms with E-state index >= 15 is 0 Å². The quantitative estimate of drug-likeness (QED) is 0.624. The Morgan fingerprint density at radius 1 is 1.08 bits per heavy atom. The molecule has 0 N–H and O–H groups in total. The molecule has 1 aliphatic carbocycles. The highest BCUT2D eigenvalue weighted by molar-refractivity contribution is 8.01. The van der Waals surface area contributed by atoms with Gasteiger partial charge in [0, 0.05) is 5.25 Å². The topological polar surface area (TPSA) is 0 Å². The molecule has 1 rings (SSSR count). The summed E-state index contributed by atoms with van der Waals surface area (Å²) in [6.07, 6.45) is 5.40. The Balaban J connectivity index is 2.13. The van der Waals surface area contributed by atoms with Crippen molar-refractivity contribution in [2.75, 3.05) is 5.65 Å². The van der Waals surface area contributed by atoms with Gasteiger partial charge in [0.15, 0.2) is 0 Å². The van der Waals surface area contributed by atoms with E-state index in [1.165, 1.54) is 6.42 Å². The lowest BCUT2D eigenvalue weighted by Gasteiger charge is -2.23. The first kappa shape index (κ1) is 10.3. The molecule has 12 heavy (non-hydrogen) atoms. The zero-order valence-electron chi connectivity index (χ0n) is 6.94. The molecular weight excluding hydrogens is 184 g/mol. The average molecular weight is 197 g/mol. The second-order valence-electron chi connectivity index (χ2n) is 3.30. The molecular formula is C7H13BF3S-. The third-order valence-corrected chi connectivity index (χ3v) is 3.59. The molecule has 0 bridgehead atoms. The van der Waals surface area contributed by atoms with Gasteiger partial charge in [0.2, 0.25) is 0 Å². The fourth-order valence-corrected chi connectivity index (χ4v) is 2.63. The molecule has 5 heteroatoms. The van der Waals surface area contributed by atoms with Crippen LogP contribution in [0.1, 0.15) is 32.1 Å². The molecule has 0 aromatic rings. The Bertz CT molecular complexity index is 131. The van der Waals surface area contributed by atoms with Crippen LogP contribution in [-0.4, -0.2) is 17.9 Å². The molecule has 1 saturated carbocycles. The highest BCUT2D eigenvalue weighted by Gasteiger charge is 2.25. The molecule has 0 spiro atoms. The van der Waals surface area contributed by atoms with Gasteiger partial charge >= 0.3 is 6.98 Å². The smallest absolute Gasteiger partial charge is 0.448 e.